The molecule has 0 aliphatic carbocycles. The van der Waals surface area contributed by atoms with Crippen LogP contribution in [-0.4, -0.2) is 31.8 Å². The molecule has 4 aromatic rings. The van der Waals surface area contributed by atoms with Crippen LogP contribution in [0, 0.1) is 5.82 Å². The number of methoxy groups -OCH3 is 3. The Bertz CT molecular complexity index is 1270. The molecule has 1 heterocycles. The molecule has 0 fully saturated rings. The van der Waals surface area contributed by atoms with Crippen molar-refractivity contribution in [3.05, 3.63) is 89.4 Å². The molecule has 7 heteroatoms. The average molecular weight is 448 g/mol. The Morgan fingerprint density at radius 2 is 1.58 bits per heavy atom. The Balaban J connectivity index is 1.63. The third kappa shape index (κ3) is 4.48. The van der Waals surface area contributed by atoms with Crippen LogP contribution in [0.4, 0.5) is 4.39 Å². The van der Waals surface area contributed by atoms with Crippen molar-refractivity contribution >= 4 is 16.8 Å². The average Bonchev–Trinajstić information content (AvgIpc) is 3.21. The highest BCUT2D eigenvalue weighted by molar-refractivity contribution is 5.98. The zero-order chi connectivity index (χ0) is 23.4. The Hall–Kier alpha value is -4.00. The van der Waals surface area contributed by atoms with Crippen LogP contribution in [0.5, 0.6) is 17.2 Å². The van der Waals surface area contributed by atoms with Crippen molar-refractivity contribution in [2.45, 2.75) is 13.1 Å². The number of para-hydroxylation sites is 1. The molecule has 0 atom stereocenters. The lowest BCUT2D eigenvalue weighted by Crippen LogP contribution is -2.25. The number of benzene rings is 3. The van der Waals surface area contributed by atoms with Crippen molar-refractivity contribution in [2.75, 3.05) is 21.3 Å². The summed E-state index contributed by atoms with van der Waals surface area (Å²) >= 11 is 0. The molecule has 1 N–H and O–H groups in total. The molecule has 0 aliphatic heterocycles. The minimum absolute atomic E-state index is 0.243. The number of rotatable bonds is 8. The molecule has 0 radical (unpaired) electrons. The van der Waals surface area contributed by atoms with Crippen LogP contribution in [-0.2, 0) is 13.1 Å². The smallest absolute Gasteiger partial charge is 0.268 e. The van der Waals surface area contributed by atoms with Gasteiger partial charge < -0.3 is 24.1 Å². The Kier molecular flexibility index (Phi) is 6.49. The summed E-state index contributed by atoms with van der Waals surface area (Å²) in [5, 5.41) is 3.86. The first-order chi connectivity index (χ1) is 16.0. The van der Waals surface area contributed by atoms with E-state index in [1.807, 2.05) is 34.9 Å². The van der Waals surface area contributed by atoms with Crippen molar-refractivity contribution in [3.63, 3.8) is 0 Å². The van der Waals surface area contributed by atoms with E-state index < -0.39 is 0 Å². The van der Waals surface area contributed by atoms with Crippen LogP contribution in [0.1, 0.15) is 21.6 Å². The molecule has 33 heavy (non-hydrogen) atoms. The van der Waals surface area contributed by atoms with E-state index in [9.17, 15) is 9.18 Å². The van der Waals surface area contributed by atoms with Crippen molar-refractivity contribution in [3.8, 4) is 17.2 Å². The normalized spacial score (nSPS) is 10.8. The summed E-state index contributed by atoms with van der Waals surface area (Å²) in [4.78, 5) is 13.2. The van der Waals surface area contributed by atoms with Gasteiger partial charge in [-0.15, -0.1) is 0 Å². The summed E-state index contributed by atoms with van der Waals surface area (Å²) in [5.74, 6) is 0.931. The number of nitrogens with one attached hydrogen (secondary N) is 1. The van der Waals surface area contributed by atoms with Crippen LogP contribution in [0.25, 0.3) is 10.9 Å². The van der Waals surface area contributed by atoms with Gasteiger partial charge in [-0.2, -0.15) is 0 Å². The highest BCUT2D eigenvalue weighted by atomic mass is 19.1. The van der Waals surface area contributed by atoms with Crippen LogP contribution in [0.15, 0.2) is 66.7 Å². The maximum absolute atomic E-state index is 14.3. The standard InChI is InChI=1S/C26H25FN2O4/c1-31-23-12-17(13-24(32-2)25(23)33-3)15-28-26(30)22-14-18-8-5-7-11-21(18)29(22)16-19-9-4-6-10-20(19)27/h4-14H,15-16H2,1-3H3,(H,28,30). The number of carbonyl (C=O) groups excluding carboxylic acids is 1. The van der Waals surface area contributed by atoms with E-state index in [1.165, 1.54) is 13.2 Å². The van der Waals surface area contributed by atoms with Gasteiger partial charge in [0.15, 0.2) is 11.5 Å². The van der Waals surface area contributed by atoms with Crippen molar-refractivity contribution in [1.29, 1.82) is 0 Å². The van der Waals surface area contributed by atoms with Crippen molar-refractivity contribution < 1.29 is 23.4 Å². The maximum Gasteiger partial charge on any atom is 0.268 e. The van der Waals surface area contributed by atoms with Crippen LogP contribution in [0.2, 0.25) is 0 Å². The molecule has 0 aliphatic rings. The molecule has 0 unspecified atom stereocenters. The fraction of sp³-hybridized carbons (Fsp3) is 0.192. The van der Waals surface area contributed by atoms with E-state index >= 15 is 0 Å². The zero-order valence-corrected chi connectivity index (χ0v) is 18.7. The van der Waals surface area contributed by atoms with Gasteiger partial charge in [0.2, 0.25) is 5.75 Å². The molecule has 0 bridgehead atoms. The summed E-state index contributed by atoms with van der Waals surface area (Å²) in [6.45, 7) is 0.490. The number of hydrogen-bond donors (Lipinski definition) is 1. The van der Waals surface area contributed by atoms with Gasteiger partial charge in [-0.3, -0.25) is 4.79 Å². The maximum atomic E-state index is 14.3. The SMILES string of the molecule is COc1cc(CNC(=O)c2cc3ccccc3n2Cc2ccccc2F)cc(OC)c1OC. The van der Waals surface area contributed by atoms with Gasteiger partial charge in [0.05, 0.1) is 27.9 Å². The van der Waals surface area contributed by atoms with E-state index in [1.54, 1.807) is 44.6 Å². The Labute approximate surface area is 191 Å². The Morgan fingerprint density at radius 3 is 2.24 bits per heavy atom. The first kappa shape index (κ1) is 22.2. The van der Waals surface area contributed by atoms with Gasteiger partial charge in [-0.25, -0.2) is 4.39 Å². The van der Waals surface area contributed by atoms with E-state index in [2.05, 4.69) is 5.32 Å². The lowest BCUT2D eigenvalue weighted by Gasteiger charge is -2.15. The number of aromatic nitrogens is 1. The first-order valence-corrected chi connectivity index (χ1v) is 10.4. The predicted molar refractivity (Wildman–Crippen MR) is 125 cm³/mol. The fourth-order valence-corrected chi connectivity index (χ4v) is 3.88. The highest BCUT2D eigenvalue weighted by Gasteiger charge is 2.18. The van der Waals surface area contributed by atoms with Crippen LogP contribution in [0.3, 0.4) is 0 Å². The number of fused-ring (bicyclic) bond motifs is 1. The molecule has 0 saturated carbocycles. The number of ether oxygens (including phenoxy) is 3. The zero-order valence-electron chi connectivity index (χ0n) is 18.7. The third-order valence-corrected chi connectivity index (χ3v) is 5.51. The molecule has 170 valence electrons. The molecule has 1 aromatic heterocycles. The van der Waals surface area contributed by atoms with E-state index in [-0.39, 0.29) is 24.8 Å². The van der Waals surface area contributed by atoms with Gasteiger partial charge in [0.25, 0.3) is 5.91 Å². The lowest BCUT2D eigenvalue weighted by atomic mass is 10.1. The second-order valence-corrected chi connectivity index (χ2v) is 7.48. The monoisotopic (exact) mass is 448 g/mol. The van der Waals surface area contributed by atoms with E-state index in [0.29, 0.717) is 28.5 Å². The molecule has 3 aromatic carbocycles. The fourth-order valence-electron chi connectivity index (χ4n) is 3.88. The Morgan fingerprint density at radius 1 is 0.909 bits per heavy atom. The number of halogens is 1. The molecule has 0 spiro atoms. The second kappa shape index (κ2) is 9.65. The number of hydrogen-bond acceptors (Lipinski definition) is 4. The molecule has 1 amide bonds. The van der Waals surface area contributed by atoms with Gasteiger partial charge in [0, 0.05) is 23.0 Å². The second-order valence-electron chi connectivity index (χ2n) is 7.48. The van der Waals surface area contributed by atoms with Gasteiger partial charge in [-0.1, -0.05) is 36.4 Å². The van der Waals surface area contributed by atoms with Crippen molar-refractivity contribution in [1.82, 2.24) is 9.88 Å². The summed E-state index contributed by atoms with van der Waals surface area (Å²) in [7, 11) is 4.62. The van der Waals surface area contributed by atoms with Crippen LogP contribution < -0.4 is 19.5 Å². The molecule has 6 nitrogen and oxygen atoms in total. The largest absolute Gasteiger partial charge is 0.493 e. The topological polar surface area (TPSA) is 61.7 Å². The quantitative estimate of drug-likeness (QED) is 0.421. The predicted octanol–water partition coefficient (Wildman–Crippen LogP) is 4.78. The summed E-state index contributed by atoms with van der Waals surface area (Å²) in [5.41, 5.74) is 2.61. The molecular formula is C26H25FN2O4. The molecular weight excluding hydrogens is 423 g/mol. The number of nitrogens with zero attached hydrogens (tertiary/aromatic N) is 1. The third-order valence-electron chi connectivity index (χ3n) is 5.51. The van der Waals surface area contributed by atoms with Gasteiger partial charge in [0.1, 0.15) is 11.5 Å². The number of amides is 1. The summed E-state index contributed by atoms with van der Waals surface area (Å²) < 4.78 is 32.3. The van der Waals surface area contributed by atoms with Gasteiger partial charge >= 0.3 is 0 Å². The van der Waals surface area contributed by atoms with E-state index in [4.69, 9.17) is 14.2 Å². The highest BCUT2D eigenvalue weighted by Crippen LogP contribution is 2.38. The van der Waals surface area contributed by atoms with Gasteiger partial charge in [-0.05, 0) is 35.9 Å². The first-order valence-electron chi connectivity index (χ1n) is 10.4. The summed E-state index contributed by atoms with van der Waals surface area (Å²) in [6, 6.07) is 19.6. The van der Waals surface area contributed by atoms with Crippen LogP contribution >= 0.6 is 0 Å². The van der Waals surface area contributed by atoms with E-state index in [0.717, 1.165) is 16.5 Å². The summed E-state index contributed by atoms with van der Waals surface area (Å²) in [6.07, 6.45) is 0. The minimum Gasteiger partial charge on any atom is -0.493 e. The molecule has 4 rings (SSSR count). The molecule has 0 saturated heterocycles. The lowest BCUT2D eigenvalue weighted by molar-refractivity contribution is 0.0942. The number of carbonyl (C=O) groups is 1. The van der Waals surface area contributed by atoms with Crippen molar-refractivity contribution in [2.24, 2.45) is 0 Å². The minimum atomic E-state index is -0.306.